The molecule has 0 radical (unpaired) electrons. The Balaban J connectivity index is 1.70. The van der Waals surface area contributed by atoms with Crippen molar-refractivity contribution in [3.63, 3.8) is 0 Å². The van der Waals surface area contributed by atoms with Crippen LogP contribution in [-0.4, -0.2) is 15.9 Å². The van der Waals surface area contributed by atoms with Gasteiger partial charge in [-0.3, -0.25) is 4.68 Å². The van der Waals surface area contributed by atoms with E-state index in [1.807, 2.05) is 17.1 Å². The fourth-order valence-electron chi connectivity index (χ4n) is 2.37. The number of hydrogen-bond acceptors (Lipinski definition) is 3. The lowest BCUT2D eigenvalue weighted by molar-refractivity contribution is 0.203. The van der Waals surface area contributed by atoms with E-state index in [4.69, 9.17) is 10.5 Å². The third-order valence-corrected chi connectivity index (χ3v) is 3.27. The van der Waals surface area contributed by atoms with Crippen LogP contribution in [0.1, 0.15) is 16.7 Å². The summed E-state index contributed by atoms with van der Waals surface area (Å²) in [5, 5.41) is 4.29. The van der Waals surface area contributed by atoms with E-state index in [0.717, 1.165) is 24.3 Å². The van der Waals surface area contributed by atoms with Crippen molar-refractivity contribution in [1.82, 2.24) is 9.78 Å². The molecule has 18 heavy (non-hydrogen) atoms. The third-order valence-electron chi connectivity index (χ3n) is 3.27. The number of aromatic nitrogens is 2. The average molecular weight is 243 g/mol. The predicted octanol–water partition coefficient (Wildman–Crippen LogP) is 1.65. The highest BCUT2D eigenvalue weighted by molar-refractivity contribution is 5.40. The van der Waals surface area contributed by atoms with Crippen LogP contribution in [0.5, 0.6) is 5.75 Å². The number of nitrogens with zero attached hydrogens (tertiary/aromatic N) is 2. The molecule has 0 saturated carbocycles. The molecule has 2 aromatic rings. The van der Waals surface area contributed by atoms with Crippen molar-refractivity contribution in [3.05, 3.63) is 47.3 Å². The second-order valence-corrected chi connectivity index (χ2v) is 4.83. The van der Waals surface area contributed by atoms with Crippen LogP contribution < -0.4 is 10.5 Å². The molecule has 0 amide bonds. The first-order valence-corrected chi connectivity index (χ1v) is 6.22. The molecule has 4 heteroatoms. The molecule has 3 rings (SSSR count). The van der Waals surface area contributed by atoms with Gasteiger partial charge in [-0.15, -0.1) is 0 Å². The van der Waals surface area contributed by atoms with Crippen molar-refractivity contribution in [1.29, 1.82) is 0 Å². The standard InChI is InChI=1S/C14H17N3O/c1-10-2-3-14-12(4-10)5-13(18-14)9-17-8-11(6-15)7-16-17/h2-4,7-8,13H,5-6,9,15H2,1H3. The number of ether oxygens (including phenoxy) is 1. The molecule has 0 bridgehead atoms. The highest BCUT2D eigenvalue weighted by Gasteiger charge is 2.23. The van der Waals surface area contributed by atoms with Gasteiger partial charge in [0.05, 0.1) is 12.7 Å². The molecule has 4 nitrogen and oxygen atoms in total. The SMILES string of the molecule is Cc1ccc2c(c1)CC(Cn1cc(CN)cn1)O2. The quantitative estimate of drug-likeness (QED) is 0.892. The maximum absolute atomic E-state index is 5.92. The van der Waals surface area contributed by atoms with Crippen LogP contribution in [-0.2, 0) is 19.5 Å². The van der Waals surface area contributed by atoms with Crippen molar-refractivity contribution in [2.75, 3.05) is 0 Å². The Morgan fingerprint density at radius 3 is 3.17 bits per heavy atom. The normalized spacial score (nSPS) is 17.6. The van der Waals surface area contributed by atoms with Crippen molar-refractivity contribution in [2.45, 2.75) is 32.5 Å². The van der Waals surface area contributed by atoms with Crippen LogP contribution in [0, 0.1) is 6.92 Å². The van der Waals surface area contributed by atoms with Crippen LogP contribution in [0.3, 0.4) is 0 Å². The fourth-order valence-corrected chi connectivity index (χ4v) is 2.37. The maximum atomic E-state index is 5.92. The average Bonchev–Trinajstić information content (AvgIpc) is 2.95. The van der Waals surface area contributed by atoms with E-state index in [0.29, 0.717) is 6.54 Å². The number of aryl methyl sites for hydroxylation is 1. The minimum Gasteiger partial charge on any atom is -0.488 e. The molecule has 1 unspecified atom stereocenters. The second kappa shape index (κ2) is 4.46. The molecule has 1 aliphatic rings. The number of rotatable bonds is 3. The monoisotopic (exact) mass is 243 g/mol. The summed E-state index contributed by atoms with van der Waals surface area (Å²) >= 11 is 0. The van der Waals surface area contributed by atoms with Crippen LogP contribution in [0.15, 0.2) is 30.6 Å². The first kappa shape index (κ1) is 11.3. The van der Waals surface area contributed by atoms with Gasteiger partial charge in [0.15, 0.2) is 0 Å². The minimum atomic E-state index is 0.173. The molecule has 94 valence electrons. The lowest BCUT2D eigenvalue weighted by Gasteiger charge is -2.10. The van der Waals surface area contributed by atoms with Crippen molar-refractivity contribution in [2.24, 2.45) is 5.73 Å². The van der Waals surface area contributed by atoms with Gasteiger partial charge in [-0.05, 0) is 18.6 Å². The van der Waals surface area contributed by atoms with E-state index in [1.165, 1.54) is 11.1 Å². The largest absolute Gasteiger partial charge is 0.488 e. The highest BCUT2D eigenvalue weighted by atomic mass is 16.5. The van der Waals surface area contributed by atoms with Gasteiger partial charge in [0.2, 0.25) is 0 Å². The van der Waals surface area contributed by atoms with Gasteiger partial charge >= 0.3 is 0 Å². The molecule has 1 aromatic heterocycles. The molecule has 1 aromatic carbocycles. The highest BCUT2D eigenvalue weighted by Crippen LogP contribution is 2.29. The Kier molecular flexibility index (Phi) is 2.80. The Morgan fingerprint density at radius 2 is 2.39 bits per heavy atom. The summed E-state index contributed by atoms with van der Waals surface area (Å²) in [7, 11) is 0. The molecule has 2 N–H and O–H groups in total. The van der Waals surface area contributed by atoms with Crippen molar-refractivity contribution < 1.29 is 4.74 Å². The van der Waals surface area contributed by atoms with Crippen LogP contribution in [0.4, 0.5) is 0 Å². The van der Waals surface area contributed by atoms with E-state index in [9.17, 15) is 0 Å². The summed E-state index contributed by atoms with van der Waals surface area (Å²) in [5.74, 6) is 1.01. The van der Waals surface area contributed by atoms with Gasteiger partial charge in [0.25, 0.3) is 0 Å². The Morgan fingerprint density at radius 1 is 1.50 bits per heavy atom. The second-order valence-electron chi connectivity index (χ2n) is 4.83. The number of hydrogen-bond donors (Lipinski definition) is 1. The summed E-state index contributed by atoms with van der Waals surface area (Å²) in [4.78, 5) is 0. The van der Waals surface area contributed by atoms with E-state index in [-0.39, 0.29) is 6.10 Å². The molecule has 1 aliphatic heterocycles. The number of fused-ring (bicyclic) bond motifs is 1. The van der Waals surface area contributed by atoms with Crippen LogP contribution in [0.25, 0.3) is 0 Å². The number of benzene rings is 1. The van der Waals surface area contributed by atoms with Crippen LogP contribution >= 0.6 is 0 Å². The van der Waals surface area contributed by atoms with Crippen molar-refractivity contribution in [3.8, 4) is 5.75 Å². The van der Waals surface area contributed by atoms with E-state index >= 15 is 0 Å². The Labute approximate surface area is 106 Å². The molecule has 0 saturated heterocycles. The van der Waals surface area contributed by atoms with E-state index in [1.54, 1.807) is 0 Å². The molecular formula is C14H17N3O. The smallest absolute Gasteiger partial charge is 0.123 e. The predicted molar refractivity (Wildman–Crippen MR) is 69.4 cm³/mol. The third kappa shape index (κ3) is 2.11. The van der Waals surface area contributed by atoms with Gasteiger partial charge in [-0.1, -0.05) is 17.7 Å². The first-order valence-electron chi connectivity index (χ1n) is 6.22. The van der Waals surface area contributed by atoms with E-state index in [2.05, 4.69) is 30.2 Å². The number of nitrogens with two attached hydrogens (primary N) is 1. The van der Waals surface area contributed by atoms with Gasteiger partial charge in [-0.2, -0.15) is 5.10 Å². The summed E-state index contributed by atoms with van der Waals surface area (Å²) in [6.45, 7) is 3.41. The summed E-state index contributed by atoms with van der Waals surface area (Å²) < 4.78 is 7.82. The lowest BCUT2D eigenvalue weighted by atomic mass is 10.1. The van der Waals surface area contributed by atoms with Gasteiger partial charge in [0, 0.05) is 24.7 Å². The summed E-state index contributed by atoms with van der Waals surface area (Å²) in [6, 6.07) is 6.34. The van der Waals surface area contributed by atoms with E-state index < -0.39 is 0 Å². The first-order chi connectivity index (χ1) is 8.74. The molecule has 0 fully saturated rings. The maximum Gasteiger partial charge on any atom is 0.123 e. The molecule has 2 heterocycles. The molecular weight excluding hydrogens is 226 g/mol. The zero-order valence-electron chi connectivity index (χ0n) is 10.5. The topological polar surface area (TPSA) is 53.1 Å². The van der Waals surface area contributed by atoms with Gasteiger partial charge < -0.3 is 10.5 Å². The minimum absolute atomic E-state index is 0.173. The molecule has 0 spiro atoms. The zero-order chi connectivity index (χ0) is 12.5. The van der Waals surface area contributed by atoms with Gasteiger partial charge in [-0.25, -0.2) is 0 Å². The summed E-state index contributed by atoms with van der Waals surface area (Å²) in [6.07, 6.45) is 4.92. The Hall–Kier alpha value is -1.81. The van der Waals surface area contributed by atoms with Crippen molar-refractivity contribution >= 4 is 0 Å². The molecule has 1 atom stereocenters. The zero-order valence-corrected chi connectivity index (χ0v) is 10.5. The molecule has 0 aliphatic carbocycles. The summed E-state index contributed by atoms with van der Waals surface area (Å²) in [5.41, 5.74) is 9.21. The van der Waals surface area contributed by atoms with Crippen LogP contribution in [0.2, 0.25) is 0 Å². The lowest BCUT2D eigenvalue weighted by Crippen LogP contribution is -2.21. The Bertz CT molecular complexity index is 562. The van der Waals surface area contributed by atoms with Gasteiger partial charge in [0.1, 0.15) is 11.9 Å². The fraction of sp³-hybridized carbons (Fsp3) is 0.357.